The summed E-state index contributed by atoms with van der Waals surface area (Å²) in [5.41, 5.74) is 26.5. The molecule has 0 aromatic heterocycles. The van der Waals surface area contributed by atoms with Crippen LogP contribution in [0.25, 0.3) is 45.5 Å². The number of hydrogen-bond donors (Lipinski definition) is 0. The van der Waals surface area contributed by atoms with Gasteiger partial charge in [-0.3, -0.25) is 0 Å². The van der Waals surface area contributed by atoms with Gasteiger partial charge >= 0.3 is 349 Å². The first-order valence-corrected chi connectivity index (χ1v) is 26.3. The normalized spacial score (nSPS) is 16.9. The Morgan fingerprint density at radius 1 is 0.446 bits per heavy atom. The zero-order valence-corrected chi connectivity index (χ0v) is 38.9. The van der Waals surface area contributed by atoms with Crippen molar-refractivity contribution in [2.45, 2.75) is 76.5 Å². The summed E-state index contributed by atoms with van der Waals surface area (Å²) < 4.78 is 2.68. The van der Waals surface area contributed by atoms with Gasteiger partial charge in [-0.2, -0.15) is 0 Å². The van der Waals surface area contributed by atoms with Crippen molar-refractivity contribution in [3.63, 3.8) is 0 Å². The number of hydrogen-bond acceptors (Lipinski definition) is 0. The van der Waals surface area contributed by atoms with E-state index in [2.05, 4.69) is 185 Å². The number of aryl methyl sites for hydroxylation is 2. The molecule has 0 bridgehead atoms. The van der Waals surface area contributed by atoms with Crippen LogP contribution >= 0.6 is 0 Å². The van der Waals surface area contributed by atoms with E-state index in [0.29, 0.717) is 19.1 Å². The van der Waals surface area contributed by atoms with Crippen LogP contribution in [0.15, 0.2) is 114 Å². The minimum atomic E-state index is -2.89. The Kier molecular flexibility index (Phi) is 9.62. The van der Waals surface area contributed by atoms with E-state index in [1.54, 1.807) is 35.9 Å². The van der Waals surface area contributed by atoms with Crippen molar-refractivity contribution in [2.75, 3.05) is 0 Å². The van der Waals surface area contributed by atoms with Crippen LogP contribution in [0.5, 0.6) is 0 Å². The molecule has 9 rings (SSSR count). The maximum atomic E-state index is 2.67. The van der Waals surface area contributed by atoms with Gasteiger partial charge in [0.1, 0.15) is 0 Å². The van der Waals surface area contributed by atoms with E-state index in [1.165, 1.54) is 77.9 Å². The molecule has 0 saturated carbocycles. The molecule has 0 amide bonds. The Bertz CT molecular complexity index is 2510. The number of allylic oxidation sites excluding steroid dienone is 2. The van der Waals surface area contributed by atoms with Gasteiger partial charge in [-0.25, -0.2) is 0 Å². The molecular weight excluding hydrogens is 768 g/mol. The van der Waals surface area contributed by atoms with Gasteiger partial charge in [-0.15, -0.1) is 0 Å². The molecule has 2 unspecified atom stereocenters. The van der Waals surface area contributed by atoms with Crippen LogP contribution in [-0.4, -0.2) is 9.52 Å². The predicted octanol–water partition coefficient (Wildman–Crippen LogP) is 11.8. The van der Waals surface area contributed by atoms with E-state index in [1.807, 2.05) is 0 Å². The van der Waals surface area contributed by atoms with E-state index >= 15 is 0 Å². The topological polar surface area (TPSA) is 0 Å². The van der Waals surface area contributed by atoms with E-state index in [-0.39, 0.29) is 0 Å². The Labute approximate surface area is 346 Å². The zero-order valence-electron chi connectivity index (χ0n) is 35.0. The van der Waals surface area contributed by atoms with Crippen LogP contribution in [0.4, 0.5) is 0 Å². The van der Waals surface area contributed by atoms with E-state index < -0.39 is 31.3 Å². The summed E-state index contributed by atoms with van der Waals surface area (Å²) in [6, 6.07) is 40.9. The van der Waals surface area contributed by atoms with Crippen molar-refractivity contribution in [3.05, 3.63) is 170 Å². The van der Waals surface area contributed by atoms with Crippen molar-refractivity contribution in [1.82, 2.24) is 0 Å². The monoisotopic (exact) mass is 821 g/mol. The SMILES string of the molecule is Cc1ccc(-c2cccc3c2C=C(C(C)C)[CH]3[Zr]([c]2cccc3c2[SiH2]c2ccccc2-3)[CH]2C(C(C)C)=Cc3c(-c4ccc(C)c(C)c4C)cccc32)c(C)c1C. The molecule has 0 N–H and O–H groups in total. The van der Waals surface area contributed by atoms with Crippen LogP contribution < -0.4 is 13.6 Å². The molecule has 6 aromatic carbocycles. The van der Waals surface area contributed by atoms with Gasteiger partial charge in [-0.05, 0) is 0 Å². The zero-order chi connectivity index (χ0) is 39.2. The number of benzene rings is 6. The molecule has 3 aliphatic rings. The van der Waals surface area contributed by atoms with Gasteiger partial charge in [0.05, 0.1) is 0 Å². The fourth-order valence-corrected chi connectivity index (χ4v) is 25.2. The standard InChI is InChI=1S/2C21H23.C12H9Si.Zr/c2*1-13(2)18-11-17-7-6-8-20(21(17)12-18)19-10-9-14(3)15(4)16(19)5;1-3-7-11-9(5-1)10-6-2-4-8-12(10)13-11;/h2*6-13H,1-5H3;1-7H,13H2;. The van der Waals surface area contributed by atoms with E-state index in [0.717, 1.165) is 0 Å². The summed E-state index contributed by atoms with van der Waals surface area (Å²) in [4.78, 5) is 0. The molecule has 2 aliphatic carbocycles. The number of rotatable bonds is 7. The Morgan fingerprint density at radius 3 is 1.43 bits per heavy atom. The van der Waals surface area contributed by atoms with Crippen molar-refractivity contribution in [2.24, 2.45) is 11.8 Å². The summed E-state index contributed by atoms with van der Waals surface area (Å²) in [5, 5.41) is 3.37. The number of fused-ring (bicyclic) bond motifs is 5. The van der Waals surface area contributed by atoms with Crippen molar-refractivity contribution < 1.29 is 21.8 Å². The fourth-order valence-electron chi connectivity index (χ4n) is 10.4. The summed E-state index contributed by atoms with van der Waals surface area (Å²) in [7, 11) is -0.626. The second-order valence-electron chi connectivity index (χ2n) is 17.6. The molecule has 0 spiro atoms. The molecule has 2 heteroatoms. The molecule has 2 atom stereocenters. The summed E-state index contributed by atoms with van der Waals surface area (Å²) in [6.07, 6.45) is 5.35. The van der Waals surface area contributed by atoms with Gasteiger partial charge in [0.25, 0.3) is 0 Å². The molecule has 6 aromatic rings. The van der Waals surface area contributed by atoms with Gasteiger partial charge in [0, 0.05) is 0 Å². The quantitative estimate of drug-likeness (QED) is 0.141. The average Bonchev–Trinajstić information content (AvgIpc) is 3.89. The third kappa shape index (κ3) is 5.84. The Balaban J connectivity index is 1.32. The molecule has 1 aliphatic heterocycles. The van der Waals surface area contributed by atoms with Crippen LogP contribution in [0.1, 0.15) is 90.6 Å². The van der Waals surface area contributed by atoms with E-state index in [4.69, 9.17) is 0 Å². The molecule has 0 nitrogen and oxygen atoms in total. The van der Waals surface area contributed by atoms with Crippen molar-refractivity contribution >= 4 is 35.3 Å². The first kappa shape index (κ1) is 37.5. The fraction of sp³-hybridized carbons (Fsp3) is 0.259. The van der Waals surface area contributed by atoms with Crippen LogP contribution in [-0.2, 0) is 21.8 Å². The van der Waals surface area contributed by atoms with Gasteiger partial charge in [0.15, 0.2) is 0 Å². The first-order chi connectivity index (χ1) is 27.0. The van der Waals surface area contributed by atoms with Crippen molar-refractivity contribution in [3.8, 4) is 33.4 Å². The molecule has 279 valence electrons. The minimum absolute atomic E-state index is 0.452. The second kappa shape index (κ2) is 14.4. The molecule has 0 radical (unpaired) electrons. The summed E-state index contributed by atoms with van der Waals surface area (Å²) >= 11 is -2.89. The average molecular weight is 823 g/mol. The maximum absolute atomic E-state index is 2.89. The first-order valence-electron chi connectivity index (χ1n) is 20.9. The van der Waals surface area contributed by atoms with Gasteiger partial charge in [0.2, 0.25) is 0 Å². The van der Waals surface area contributed by atoms with Crippen LogP contribution in [0.2, 0.25) is 0 Å². The Hall–Kier alpha value is -4.10. The predicted molar refractivity (Wildman–Crippen MR) is 243 cm³/mol. The van der Waals surface area contributed by atoms with Crippen LogP contribution in [0.3, 0.4) is 0 Å². The Morgan fingerprint density at radius 2 is 0.911 bits per heavy atom. The third-order valence-corrected chi connectivity index (χ3v) is 25.9. The van der Waals surface area contributed by atoms with Gasteiger partial charge in [-0.1, -0.05) is 0 Å². The summed E-state index contributed by atoms with van der Waals surface area (Å²) in [6.45, 7) is 23.6. The molecule has 56 heavy (non-hydrogen) atoms. The molecule has 1 heterocycles. The van der Waals surface area contributed by atoms with Crippen molar-refractivity contribution in [1.29, 1.82) is 0 Å². The van der Waals surface area contributed by atoms with Crippen LogP contribution in [0, 0.1) is 53.4 Å². The summed E-state index contributed by atoms with van der Waals surface area (Å²) in [5.74, 6) is 0.916. The molecule has 0 saturated heterocycles. The van der Waals surface area contributed by atoms with Gasteiger partial charge < -0.3 is 0 Å². The third-order valence-electron chi connectivity index (χ3n) is 14.0. The second-order valence-corrected chi connectivity index (χ2v) is 25.8. The molecular formula is C54H55SiZr. The van der Waals surface area contributed by atoms with E-state index in [9.17, 15) is 0 Å². The molecule has 0 fully saturated rings.